The second-order valence-electron chi connectivity index (χ2n) is 6.86. The van der Waals surface area contributed by atoms with E-state index in [1.165, 1.54) is 13.1 Å². The summed E-state index contributed by atoms with van der Waals surface area (Å²) in [5, 5.41) is 5.57. The third kappa shape index (κ3) is 3.24. The van der Waals surface area contributed by atoms with Gasteiger partial charge in [0.2, 0.25) is 0 Å². The summed E-state index contributed by atoms with van der Waals surface area (Å²) in [6.45, 7) is 1.37. The summed E-state index contributed by atoms with van der Waals surface area (Å²) in [5.41, 5.74) is 1.15. The molecule has 1 aliphatic carbocycles. The van der Waals surface area contributed by atoms with E-state index in [1.54, 1.807) is 7.11 Å². The Kier molecular flexibility index (Phi) is 4.72. The summed E-state index contributed by atoms with van der Waals surface area (Å²) in [6, 6.07) is 11.0. The third-order valence-electron chi connectivity index (χ3n) is 5.28. The van der Waals surface area contributed by atoms with Crippen molar-refractivity contribution in [2.24, 2.45) is 11.8 Å². The number of methoxy groups -OCH3 is 1. The maximum atomic E-state index is 12.9. The van der Waals surface area contributed by atoms with Gasteiger partial charge in [-0.05, 0) is 5.56 Å². The SMILES string of the molecule is CNC(=O)c1cc(C(=O)NC2C3COC[C@@H]32)c(C(OC)c2ccccc2)o1. The summed E-state index contributed by atoms with van der Waals surface area (Å²) >= 11 is 0. The van der Waals surface area contributed by atoms with E-state index in [0.29, 0.717) is 36.4 Å². The van der Waals surface area contributed by atoms with Crippen LogP contribution in [-0.2, 0) is 9.47 Å². The molecule has 142 valence electrons. The zero-order chi connectivity index (χ0) is 19.0. The first-order valence-corrected chi connectivity index (χ1v) is 8.96. The molecule has 2 fully saturated rings. The van der Waals surface area contributed by atoms with E-state index < -0.39 is 12.0 Å². The molecule has 27 heavy (non-hydrogen) atoms. The number of rotatable bonds is 6. The van der Waals surface area contributed by atoms with Crippen molar-refractivity contribution in [2.75, 3.05) is 27.4 Å². The minimum absolute atomic E-state index is 0.0787. The Labute approximate surface area is 157 Å². The molecular formula is C20H22N2O5. The fourth-order valence-corrected chi connectivity index (χ4v) is 3.72. The van der Waals surface area contributed by atoms with Crippen LogP contribution in [0.1, 0.15) is 38.3 Å². The molecule has 1 saturated heterocycles. The number of hydrogen-bond donors (Lipinski definition) is 2. The highest BCUT2D eigenvalue weighted by Gasteiger charge is 2.55. The summed E-state index contributed by atoms with van der Waals surface area (Å²) in [5.74, 6) is 0.512. The number of carbonyl (C=O) groups excluding carboxylic acids is 2. The van der Waals surface area contributed by atoms with Crippen molar-refractivity contribution < 1.29 is 23.5 Å². The predicted molar refractivity (Wildman–Crippen MR) is 96.4 cm³/mol. The quantitative estimate of drug-likeness (QED) is 0.809. The molecule has 1 aliphatic heterocycles. The fourth-order valence-electron chi connectivity index (χ4n) is 3.72. The lowest BCUT2D eigenvalue weighted by Gasteiger charge is -2.15. The fraction of sp³-hybridized carbons (Fsp3) is 0.400. The number of hydrogen-bond acceptors (Lipinski definition) is 5. The van der Waals surface area contributed by atoms with Gasteiger partial charge in [-0.1, -0.05) is 30.3 Å². The van der Waals surface area contributed by atoms with Gasteiger partial charge in [0, 0.05) is 38.1 Å². The van der Waals surface area contributed by atoms with Crippen LogP contribution in [0.2, 0.25) is 0 Å². The Hall–Kier alpha value is -2.64. The average molecular weight is 370 g/mol. The van der Waals surface area contributed by atoms with Gasteiger partial charge in [-0.2, -0.15) is 0 Å². The number of amides is 2. The standard InChI is InChI=1S/C20H22N2O5/c1-21-20(24)15-8-12(19(23)22-16-13-9-26-10-14(13)16)18(27-15)17(25-2)11-6-4-3-5-7-11/h3-8,13-14,16-17H,9-10H2,1-2H3,(H,21,24)(H,22,23)/t13-,14?,16?,17?/m0/s1. The van der Waals surface area contributed by atoms with Crippen molar-refractivity contribution in [3.63, 3.8) is 0 Å². The minimum atomic E-state index is -0.590. The number of furan rings is 1. The van der Waals surface area contributed by atoms with Gasteiger partial charge in [-0.25, -0.2) is 0 Å². The molecule has 2 aromatic rings. The molecule has 7 heteroatoms. The molecule has 0 bridgehead atoms. The van der Waals surface area contributed by atoms with Crippen LogP contribution in [0.4, 0.5) is 0 Å². The summed E-state index contributed by atoms with van der Waals surface area (Å²) in [6.07, 6.45) is -0.590. The van der Waals surface area contributed by atoms with E-state index in [0.717, 1.165) is 5.56 Å². The van der Waals surface area contributed by atoms with Gasteiger partial charge < -0.3 is 24.5 Å². The van der Waals surface area contributed by atoms with Crippen LogP contribution in [0, 0.1) is 11.8 Å². The van der Waals surface area contributed by atoms with Crippen molar-refractivity contribution in [1.82, 2.24) is 10.6 Å². The number of fused-ring (bicyclic) bond motifs is 1. The largest absolute Gasteiger partial charge is 0.452 e. The molecule has 3 unspecified atom stereocenters. The molecule has 1 saturated carbocycles. The van der Waals surface area contributed by atoms with Gasteiger partial charge in [-0.3, -0.25) is 9.59 Å². The van der Waals surface area contributed by atoms with Crippen LogP contribution in [0.3, 0.4) is 0 Å². The lowest BCUT2D eigenvalue weighted by atomic mass is 10.0. The lowest BCUT2D eigenvalue weighted by Crippen LogP contribution is -2.30. The third-order valence-corrected chi connectivity index (χ3v) is 5.28. The van der Waals surface area contributed by atoms with Gasteiger partial charge in [0.15, 0.2) is 11.5 Å². The normalized spacial score (nSPS) is 24.1. The van der Waals surface area contributed by atoms with Gasteiger partial charge in [-0.15, -0.1) is 0 Å². The monoisotopic (exact) mass is 370 g/mol. The van der Waals surface area contributed by atoms with E-state index in [2.05, 4.69) is 10.6 Å². The van der Waals surface area contributed by atoms with Crippen LogP contribution in [-0.4, -0.2) is 45.2 Å². The molecule has 2 N–H and O–H groups in total. The smallest absolute Gasteiger partial charge is 0.286 e. The second-order valence-corrected chi connectivity index (χ2v) is 6.86. The van der Waals surface area contributed by atoms with E-state index in [9.17, 15) is 9.59 Å². The molecule has 2 amide bonds. The molecule has 1 aromatic carbocycles. The van der Waals surface area contributed by atoms with Crippen molar-refractivity contribution in [2.45, 2.75) is 12.1 Å². The van der Waals surface area contributed by atoms with Crippen LogP contribution in [0.5, 0.6) is 0 Å². The minimum Gasteiger partial charge on any atom is -0.452 e. The highest BCUT2D eigenvalue weighted by atomic mass is 16.5. The van der Waals surface area contributed by atoms with E-state index in [-0.39, 0.29) is 17.7 Å². The topological polar surface area (TPSA) is 89.8 Å². The molecule has 0 radical (unpaired) electrons. The van der Waals surface area contributed by atoms with Crippen LogP contribution in [0.15, 0.2) is 40.8 Å². The Bertz CT molecular complexity index is 837. The predicted octanol–water partition coefficient (Wildman–Crippen LogP) is 1.75. The first-order chi connectivity index (χ1) is 13.1. The Morgan fingerprint density at radius 3 is 2.48 bits per heavy atom. The highest BCUT2D eigenvalue weighted by Crippen LogP contribution is 2.44. The molecule has 2 heterocycles. The number of nitrogens with one attached hydrogen (secondary N) is 2. The maximum Gasteiger partial charge on any atom is 0.286 e. The van der Waals surface area contributed by atoms with Crippen molar-refractivity contribution in [3.05, 3.63) is 59.0 Å². The van der Waals surface area contributed by atoms with E-state index in [1.807, 2.05) is 30.3 Å². The second kappa shape index (κ2) is 7.17. The molecule has 4 rings (SSSR count). The summed E-state index contributed by atoms with van der Waals surface area (Å²) in [4.78, 5) is 25.0. The van der Waals surface area contributed by atoms with Gasteiger partial charge in [0.25, 0.3) is 11.8 Å². The molecular weight excluding hydrogens is 348 g/mol. The van der Waals surface area contributed by atoms with Gasteiger partial charge in [0.1, 0.15) is 6.10 Å². The molecule has 1 aromatic heterocycles. The van der Waals surface area contributed by atoms with Gasteiger partial charge >= 0.3 is 0 Å². The Balaban J connectivity index is 1.65. The van der Waals surface area contributed by atoms with Crippen LogP contribution in [0.25, 0.3) is 0 Å². The zero-order valence-corrected chi connectivity index (χ0v) is 15.2. The average Bonchev–Trinajstić information content (AvgIpc) is 3.09. The summed E-state index contributed by atoms with van der Waals surface area (Å²) in [7, 11) is 3.06. The van der Waals surface area contributed by atoms with Crippen molar-refractivity contribution in [3.8, 4) is 0 Å². The Morgan fingerprint density at radius 1 is 1.15 bits per heavy atom. The van der Waals surface area contributed by atoms with Crippen molar-refractivity contribution in [1.29, 1.82) is 0 Å². The zero-order valence-electron chi connectivity index (χ0n) is 15.2. The number of ether oxygens (including phenoxy) is 2. The first kappa shape index (κ1) is 17.8. The lowest BCUT2D eigenvalue weighted by molar-refractivity contribution is 0.0877. The van der Waals surface area contributed by atoms with E-state index >= 15 is 0 Å². The van der Waals surface area contributed by atoms with Crippen LogP contribution < -0.4 is 10.6 Å². The van der Waals surface area contributed by atoms with Gasteiger partial charge in [0.05, 0.1) is 18.8 Å². The molecule has 4 atom stereocenters. The summed E-state index contributed by atoms with van der Waals surface area (Å²) < 4.78 is 16.7. The maximum absolute atomic E-state index is 12.9. The van der Waals surface area contributed by atoms with E-state index in [4.69, 9.17) is 13.9 Å². The molecule has 2 aliphatic rings. The number of benzene rings is 1. The van der Waals surface area contributed by atoms with Crippen molar-refractivity contribution >= 4 is 11.8 Å². The molecule has 0 spiro atoms. The molecule has 7 nitrogen and oxygen atoms in total. The number of carbonyl (C=O) groups is 2. The Morgan fingerprint density at radius 2 is 1.85 bits per heavy atom. The first-order valence-electron chi connectivity index (χ1n) is 8.96. The highest BCUT2D eigenvalue weighted by molar-refractivity contribution is 5.99. The van der Waals surface area contributed by atoms with Crippen LogP contribution >= 0.6 is 0 Å².